The normalized spacial score (nSPS) is 13.9. The van der Waals surface area contributed by atoms with E-state index >= 15 is 0 Å². The van der Waals surface area contributed by atoms with Crippen molar-refractivity contribution in [1.29, 1.82) is 0 Å². The number of benzene rings is 1. The third-order valence-corrected chi connectivity index (χ3v) is 5.20. The molecule has 0 radical (unpaired) electrons. The minimum absolute atomic E-state index is 0.0731. The number of anilines is 1. The van der Waals surface area contributed by atoms with Gasteiger partial charge >= 0.3 is 0 Å². The smallest absolute Gasteiger partial charge is 0.258 e. The van der Waals surface area contributed by atoms with Gasteiger partial charge in [0.15, 0.2) is 5.13 Å². The van der Waals surface area contributed by atoms with E-state index in [1.54, 1.807) is 11.3 Å². The van der Waals surface area contributed by atoms with Crippen LogP contribution in [0.2, 0.25) is 0 Å². The number of nitrogens with one attached hydrogen (secondary N) is 1. The highest BCUT2D eigenvalue weighted by molar-refractivity contribution is 14.1. The largest absolute Gasteiger partial charge is 0.298 e. The molecule has 19 heavy (non-hydrogen) atoms. The number of halogens is 1. The molecule has 0 saturated carbocycles. The van der Waals surface area contributed by atoms with Crippen LogP contribution in [0, 0.1) is 3.57 Å². The Kier molecular flexibility index (Phi) is 3.83. The molecule has 1 heterocycles. The van der Waals surface area contributed by atoms with Gasteiger partial charge in [0.1, 0.15) is 0 Å². The van der Waals surface area contributed by atoms with Crippen molar-refractivity contribution in [1.82, 2.24) is 4.98 Å². The molecule has 1 aliphatic rings. The van der Waals surface area contributed by atoms with E-state index in [4.69, 9.17) is 0 Å². The van der Waals surface area contributed by atoms with E-state index in [1.807, 2.05) is 24.3 Å². The molecule has 3 nitrogen and oxygen atoms in total. The minimum Gasteiger partial charge on any atom is -0.298 e. The lowest BCUT2D eigenvalue weighted by molar-refractivity contribution is 0.102. The van der Waals surface area contributed by atoms with Gasteiger partial charge in [-0.15, -0.1) is 11.3 Å². The molecule has 0 aliphatic heterocycles. The number of nitrogens with zero attached hydrogens (tertiary/aromatic N) is 1. The highest BCUT2D eigenvalue weighted by Crippen LogP contribution is 2.29. The Morgan fingerprint density at radius 2 is 2.05 bits per heavy atom. The lowest BCUT2D eigenvalue weighted by Gasteiger charge is -2.06. The molecule has 1 aromatic heterocycles. The molecule has 2 aromatic rings. The molecule has 1 aromatic carbocycles. The van der Waals surface area contributed by atoms with Crippen LogP contribution in [-0.4, -0.2) is 10.9 Å². The molecule has 0 fully saturated rings. The number of thiazole rings is 1. The summed E-state index contributed by atoms with van der Waals surface area (Å²) in [7, 11) is 0. The van der Waals surface area contributed by atoms with Crippen LogP contribution in [-0.2, 0) is 12.8 Å². The zero-order chi connectivity index (χ0) is 13.2. The van der Waals surface area contributed by atoms with Gasteiger partial charge in [-0.05, 0) is 60.4 Å². The Labute approximate surface area is 129 Å². The standard InChI is InChI=1S/C14H13IN2OS/c15-10-6-2-1-5-9(10)13(18)17-14-16-11-7-3-4-8-12(11)19-14/h1-2,5-6H,3-4,7-8H2,(H,16,17,18). The summed E-state index contributed by atoms with van der Waals surface area (Å²) in [4.78, 5) is 18.1. The third-order valence-electron chi connectivity index (χ3n) is 3.18. The monoisotopic (exact) mass is 384 g/mol. The number of fused-ring (bicyclic) bond motifs is 1. The van der Waals surface area contributed by atoms with Crippen molar-refractivity contribution < 1.29 is 4.79 Å². The van der Waals surface area contributed by atoms with Crippen LogP contribution in [0.4, 0.5) is 5.13 Å². The van der Waals surface area contributed by atoms with Crippen molar-refractivity contribution in [3.05, 3.63) is 44.0 Å². The van der Waals surface area contributed by atoms with Crippen molar-refractivity contribution in [3.8, 4) is 0 Å². The second-order valence-corrected chi connectivity index (χ2v) is 6.78. The molecule has 0 unspecified atom stereocenters. The van der Waals surface area contributed by atoms with Crippen LogP contribution in [0.15, 0.2) is 24.3 Å². The van der Waals surface area contributed by atoms with Crippen molar-refractivity contribution in [2.24, 2.45) is 0 Å². The molecule has 0 bridgehead atoms. The van der Waals surface area contributed by atoms with E-state index in [9.17, 15) is 4.79 Å². The number of rotatable bonds is 2. The number of aryl methyl sites for hydroxylation is 2. The average Bonchev–Trinajstić information content (AvgIpc) is 2.81. The van der Waals surface area contributed by atoms with Gasteiger partial charge in [0.25, 0.3) is 5.91 Å². The number of carbonyl (C=O) groups excluding carboxylic acids is 1. The van der Waals surface area contributed by atoms with Gasteiger partial charge in [0.2, 0.25) is 0 Å². The maximum atomic E-state index is 12.2. The number of aromatic nitrogens is 1. The van der Waals surface area contributed by atoms with Crippen molar-refractivity contribution in [2.75, 3.05) is 5.32 Å². The molecular weight excluding hydrogens is 371 g/mol. The topological polar surface area (TPSA) is 42.0 Å². The molecule has 0 saturated heterocycles. The maximum absolute atomic E-state index is 12.2. The Balaban J connectivity index is 1.80. The van der Waals surface area contributed by atoms with Gasteiger partial charge in [0.05, 0.1) is 11.3 Å². The Morgan fingerprint density at radius 3 is 2.84 bits per heavy atom. The van der Waals surface area contributed by atoms with Gasteiger partial charge in [0, 0.05) is 8.45 Å². The summed E-state index contributed by atoms with van der Waals surface area (Å²) in [6, 6.07) is 7.58. The van der Waals surface area contributed by atoms with Gasteiger partial charge in [-0.3, -0.25) is 10.1 Å². The summed E-state index contributed by atoms with van der Waals surface area (Å²) in [6.07, 6.45) is 4.59. The minimum atomic E-state index is -0.0731. The summed E-state index contributed by atoms with van der Waals surface area (Å²) in [5.41, 5.74) is 1.88. The highest BCUT2D eigenvalue weighted by atomic mass is 127. The molecule has 1 N–H and O–H groups in total. The van der Waals surface area contributed by atoms with E-state index in [2.05, 4.69) is 32.9 Å². The summed E-state index contributed by atoms with van der Waals surface area (Å²) in [6.45, 7) is 0. The molecular formula is C14H13IN2OS. The number of hydrogen-bond donors (Lipinski definition) is 1. The molecule has 0 atom stereocenters. The summed E-state index contributed by atoms with van der Waals surface area (Å²) >= 11 is 3.80. The average molecular weight is 384 g/mol. The van der Waals surface area contributed by atoms with E-state index in [1.165, 1.54) is 23.4 Å². The van der Waals surface area contributed by atoms with Gasteiger partial charge in [-0.25, -0.2) is 4.98 Å². The maximum Gasteiger partial charge on any atom is 0.258 e. The van der Waals surface area contributed by atoms with Gasteiger partial charge < -0.3 is 0 Å². The Hall–Kier alpha value is -0.950. The summed E-state index contributed by atoms with van der Waals surface area (Å²) < 4.78 is 0.957. The van der Waals surface area contributed by atoms with E-state index < -0.39 is 0 Å². The first-order chi connectivity index (χ1) is 9.24. The molecule has 1 amide bonds. The first-order valence-corrected chi connectivity index (χ1v) is 8.18. The fraction of sp³-hybridized carbons (Fsp3) is 0.286. The first-order valence-electron chi connectivity index (χ1n) is 6.28. The third kappa shape index (κ3) is 2.81. The van der Waals surface area contributed by atoms with Crippen molar-refractivity contribution in [2.45, 2.75) is 25.7 Å². The molecule has 3 rings (SSSR count). The molecule has 5 heteroatoms. The zero-order valence-electron chi connectivity index (χ0n) is 10.3. The number of hydrogen-bond acceptors (Lipinski definition) is 3. The molecule has 1 aliphatic carbocycles. The Bertz CT molecular complexity index is 600. The van der Waals surface area contributed by atoms with E-state index in [0.717, 1.165) is 21.5 Å². The highest BCUT2D eigenvalue weighted by Gasteiger charge is 2.17. The lowest BCUT2D eigenvalue weighted by Crippen LogP contribution is -2.13. The Morgan fingerprint density at radius 1 is 1.26 bits per heavy atom. The number of amides is 1. The summed E-state index contributed by atoms with van der Waals surface area (Å²) in [5, 5.41) is 3.65. The van der Waals surface area contributed by atoms with Crippen LogP contribution in [0.5, 0.6) is 0 Å². The summed E-state index contributed by atoms with van der Waals surface area (Å²) in [5.74, 6) is -0.0731. The zero-order valence-corrected chi connectivity index (χ0v) is 13.3. The van der Waals surface area contributed by atoms with E-state index in [-0.39, 0.29) is 5.91 Å². The predicted octanol–water partition coefficient (Wildman–Crippen LogP) is 3.88. The second-order valence-electron chi connectivity index (χ2n) is 4.53. The number of carbonyl (C=O) groups is 1. The molecule has 98 valence electrons. The fourth-order valence-electron chi connectivity index (χ4n) is 2.22. The SMILES string of the molecule is O=C(Nc1nc2c(s1)CCCC2)c1ccccc1I. The van der Waals surface area contributed by atoms with Crippen LogP contribution < -0.4 is 5.32 Å². The van der Waals surface area contributed by atoms with Gasteiger partial charge in [-0.2, -0.15) is 0 Å². The van der Waals surface area contributed by atoms with Gasteiger partial charge in [-0.1, -0.05) is 12.1 Å². The van der Waals surface area contributed by atoms with E-state index in [0.29, 0.717) is 5.56 Å². The molecule has 0 spiro atoms. The van der Waals surface area contributed by atoms with Crippen molar-refractivity contribution >= 4 is 45.0 Å². The van der Waals surface area contributed by atoms with Crippen LogP contribution in [0.25, 0.3) is 0 Å². The fourth-order valence-corrected chi connectivity index (χ4v) is 3.89. The predicted molar refractivity (Wildman–Crippen MR) is 85.9 cm³/mol. The van der Waals surface area contributed by atoms with Crippen LogP contribution >= 0.6 is 33.9 Å². The first kappa shape index (κ1) is 13.1. The lowest BCUT2D eigenvalue weighted by atomic mass is 10.0. The second kappa shape index (κ2) is 5.58. The van der Waals surface area contributed by atoms with Crippen molar-refractivity contribution in [3.63, 3.8) is 0 Å². The quantitative estimate of drug-likeness (QED) is 0.799. The van der Waals surface area contributed by atoms with Crippen LogP contribution in [0.1, 0.15) is 33.8 Å². The van der Waals surface area contributed by atoms with Crippen LogP contribution in [0.3, 0.4) is 0 Å².